The van der Waals surface area contributed by atoms with Gasteiger partial charge in [-0.25, -0.2) is 4.79 Å². The third-order valence-electron chi connectivity index (χ3n) is 3.51. The van der Waals surface area contributed by atoms with Crippen LogP contribution >= 0.6 is 0 Å². The summed E-state index contributed by atoms with van der Waals surface area (Å²) in [6.07, 6.45) is 2.06. The van der Waals surface area contributed by atoms with Crippen molar-refractivity contribution < 1.29 is 14.1 Å². The molecule has 1 N–H and O–H groups in total. The topological polar surface area (TPSA) is 64.6 Å². The van der Waals surface area contributed by atoms with Gasteiger partial charge in [0.25, 0.3) is 0 Å². The summed E-state index contributed by atoms with van der Waals surface area (Å²) in [6, 6.07) is 0.319. The average molecular weight is 304 g/mol. The van der Waals surface area contributed by atoms with E-state index in [1.807, 2.05) is 20.8 Å². The fourth-order valence-electron chi connectivity index (χ4n) is 2.40. The van der Waals surface area contributed by atoms with Crippen LogP contribution in [0.1, 0.15) is 41.0 Å². The molecule has 1 aliphatic rings. The lowest BCUT2D eigenvalue weighted by molar-refractivity contribution is 0.0353. The van der Waals surface area contributed by atoms with Gasteiger partial charge in [0, 0.05) is 6.04 Å². The Bertz CT molecular complexity index is 331. The summed E-state index contributed by atoms with van der Waals surface area (Å²) in [5, 5.41) is 3.44. The molecule has 5 nitrogen and oxygen atoms in total. The maximum Gasteiger partial charge on any atom is 0.452 e. The number of amides is 1. The van der Waals surface area contributed by atoms with Crippen molar-refractivity contribution in [1.29, 1.82) is 0 Å². The van der Waals surface area contributed by atoms with Crippen molar-refractivity contribution in [1.82, 2.24) is 9.62 Å². The lowest BCUT2D eigenvalue weighted by Crippen LogP contribution is -2.50. The van der Waals surface area contributed by atoms with Crippen molar-refractivity contribution in [3.63, 3.8) is 0 Å². The molecule has 0 saturated carbocycles. The standard InChI is InChI=1S/C14H28N2O3S/c1-10-7-12(11(2)15-8-10)9-16(20(6)18)13(17)19-14(3,4)5/h10-12,15H,7-9H2,1-6H3. The number of carbonyl (C=O) groups is 1. The van der Waals surface area contributed by atoms with Gasteiger partial charge in [0.1, 0.15) is 11.9 Å². The van der Waals surface area contributed by atoms with E-state index in [1.165, 1.54) is 10.6 Å². The number of nitrogens with one attached hydrogen (secondary N) is 1. The van der Waals surface area contributed by atoms with E-state index in [0.29, 0.717) is 24.4 Å². The van der Waals surface area contributed by atoms with Crippen LogP contribution in [0.2, 0.25) is 0 Å². The Hall–Kier alpha value is -0.460. The van der Waals surface area contributed by atoms with Crippen LogP contribution in [-0.2, 0) is 16.1 Å². The summed E-state index contributed by atoms with van der Waals surface area (Å²) in [4.78, 5) is 12.2. The third kappa shape index (κ3) is 5.50. The van der Waals surface area contributed by atoms with Crippen molar-refractivity contribution in [2.24, 2.45) is 11.8 Å². The minimum absolute atomic E-state index is 0.301. The molecule has 1 heterocycles. The molecule has 4 unspecified atom stereocenters. The normalized spacial score (nSPS) is 28.9. The van der Waals surface area contributed by atoms with Gasteiger partial charge in [0.2, 0.25) is 0 Å². The Morgan fingerprint density at radius 3 is 2.55 bits per heavy atom. The number of ether oxygens (including phenoxy) is 1. The zero-order valence-corrected chi connectivity index (χ0v) is 14.3. The van der Waals surface area contributed by atoms with E-state index < -0.39 is 23.1 Å². The highest BCUT2D eigenvalue weighted by Gasteiger charge is 2.34. The molecule has 0 radical (unpaired) electrons. The van der Waals surface area contributed by atoms with Gasteiger partial charge in [-0.05, 0) is 52.5 Å². The molecule has 0 bridgehead atoms. The second kappa shape index (κ2) is 7.00. The Morgan fingerprint density at radius 2 is 2.05 bits per heavy atom. The summed E-state index contributed by atoms with van der Waals surface area (Å²) < 4.78 is 18.5. The maximum atomic E-state index is 12.2. The predicted molar refractivity (Wildman–Crippen MR) is 81.7 cm³/mol. The molecule has 1 rings (SSSR count). The van der Waals surface area contributed by atoms with Gasteiger partial charge < -0.3 is 14.6 Å². The molecule has 20 heavy (non-hydrogen) atoms. The van der Waals surface area contributed by atoms with Gasteiger partial charge >= 0.3 is 6.09 Å². The van der Waals surface area contributed by atoms with Crippen LogP contribution in [0.15, 0.2) is 0 Å². The maximum absolute atomic E-state index is 12.2. The molecule has 1 aliphatic heterocycles. The van der Waals surface area contributed by atoms with Gasteiger partial charge in [-0.1, -0.05) is 6.92 Å². The molecule has 0 spiro atoms. The van der Waals surface area contributed by atoms with Crippen molar-refractivity contribution >= 4 is 17.5 Å². The second-order valence-corrected chi connectivity index (χ2v) is 8.05. The van der Waals surface area contributed by atoms with Crippen molar-refractivity contribution in [3.8, 4) is 0 Å². The quantitative estimate of drug-likeness (QED) is 0.811. The van der Waals surface area contributed by atoms with Gasteiger partial charge in [-0.15, -0.1) is 4.31 Å². The number of carbonyl (C=O) groups excluding carboxylic acids is 1. The minimum atomic E-state index is -1.36. The van der Waals surface area contributed by atoms with Crippen LogP contribution in [0.3, 0.4) is 0 Å². The number of hydrogen-bond acceptors (Lipinski definition) is 4. The highest BCUT2D eigenvalue weighted by atomic mass is 32.2. The second-order valence-electron chi connectivity index (χ2n) is 6.76. The summed E-state index contributed by atoms with van der Waals surface area (Å²) >= 11 is -1.36. The molecule has 0 aromatic rings. The lowest BCUT2D eigenvalue weighted by atomic mass is 9.86. The fraction of sp³-hybridized carbons (Fsp3) is 0.929. The highest BCUT2D eigenvalue weighted by molar-refractivity contribution is 7.88. The molecule has 1 amide bonds. The summed E-state index contributed by atoms with van der Waals surface area (Å²) in [6.45, 7) is 11.2. The predicted octanol–water partition coefficient (Wildman–Crippen LogP) is 2.15. The van der Waals surface area contributed by atoms with E-state index in [-0.39, 0.29) is 0 Å². The third-order valence-corrected chi connectivity index (χ3v) is 4.43. The van der Waals surface area contributed by atoms with Crippen LogP contribution in [-0.4, -0.2) is 45.9 Å². The Kier molecular flexibility index (Phi) is 6.16. The molecular formula is C14H28N2O3S. The highest BCUT2D eigenvalue weighted by Crippen LogP contribution is 2.23. The molecule has 6 heteroatoms. The van der Waals surface area contributed by atoms with E-state index in [0.717, 1.165) is 13.0 Å². The van der Waals surface area contributed by atoms with Crippen LogP contribution in [0.25, 0.3) is 0 Å². The van der Waals surface area contributed by atoms with Crippen molar-refractivity contribution in [2.75, 3.05) is 19.3 Å². The summed E-state index contributed by atoms with van der Waals surface area (Å²) in [7, 11) is 0. The summed E-state index contributed by atoms with van der Waals surface area (Å²) in [5.74, 6) is 0.872. The number of piperidine rings is 1. The molecule has 0 aliphatic carbocycles. The number of hydrogen-bond donors (Lipinski definition) is 1. The zero-order chi connectivity index (χ0) is 15.5. The fourth-order valence-corrected chi connectivity index (χ4v) is 3.05. The number of nitrogens with zero attached hydrogens (tertiary/aromatic N) is 1. The molecule has 1 saturated heterocycles. The first kappa shape index (κ1) is 17.6. The van der Waals surface area contributed by atoms with Crippen LogP contribution in [0, 0.1) is 11.8 Å². The monoisotopic (exact) mass is 304 g/mol. The molecule has 118 valence electrons. The van der Waals surface area contributed by atoms with Crippen molar-refractivity contribution in [2.45, 2.75) is 52.7 Å². The first-order valence-corrected chi connectivity index (χ1v) is 8.69. The van der Waals surface area contributed by atoms with Crippen molar-refractivity contribution in [3.05, 3.63) is 0 Å². The van der Waals surface area contributed by atoms with E-state index in [4.69, 9.17) is 4.74 Å². The molecule has 0 aromatic carbocycles. The first-order valence-electron chi connectivity index (χ1n) is 7.17. The molecule has 4 atom stereocenters. The van der Waals surface area contributed by atoms with Gasteiger partial charge in [-0.3, -0.25) is 0 Å². The first-order chi connectivity index (χ1) is 9.10. The lowest BCUT2D eigenvalue weighted by Gasteiger charge is -2.36. The minimum Gasteiger partial charge on any atom is -0.593 e. The Morgan fingerprint density at radius 1 is 1.45 bits per heavy atom. The molecular weight excluding hydrogens is 276 g/mol. The zero-order valence-electron chi connectivity index (χ0n) is 13.4. The van der Waals surface area contributed by atoms with Gasteiger partial charge in [-0.2, -0.15) is 0 Å². The van der Waals surface area contributed by atoms with E-state index in [1.54, 1.807) is 0 Å². The van der Waals surface area contributed by atoms with Crippen LogP contribution in [0.5, 0.6) is 0 Å². The smallest absolute Gasteiger partial charge is 0.452 e. The number of rotatable bonds is 3. The van der Waals surface area contributed by atoms with E-state index in [9.17, 15) is 9.35 Å². The molecule has 1 fully saturated rings. The van der Waals surface area contributed by atoms with Gasteiger partial charge in [0.05, 0.1) is 17.9 Å². The largest absolute Gasteiger partial charge is 0.593 e. The van der Waals surface area contributed by atoms with E-state index >= 15 is 0 Å². The van der Waals surface area contributed by atoms with Crippen LogP contribution in [0.4, 0.5) is 4.79 Å². The molecule has 0 aromatic heterocycles. The van der Waals surface area contributed by atoms with E-state index in [2.05, 4.69) is 19.2 Å². The van der Waals surface area contributed by atoms with Crippen LogP contribution < -0.4 is 5.32 Å². The summed E-state index contributed by atoms with van der Waals surface area (Å²) in [5.41, 5.74) is -0.571. The van der Waals surface area contributed by atoms with Gasteiger partial charge in [0.15, 0.2) is 0 Å². The average Bonchev–Trinajstić information content (AvgIpc) is 2.27. The Balaban J connectivity index is 2.69. The Labute approximate surface area is 125 Å². The SMILES string of the molecule is CC1CNC(C)C(CN(C(=O)OC(C)(C)C)[S+](C)[O-])C1.